The Labute approximate surface area is 101 Å². The average molecular weight is 238 g/mol. The van der Waals surface area contributed by atoms with Crippen molar-refractivity contribution >= 4 is 5.97 Å². The molecule has 4 nitrogen and oxygen atoms in total. The maximum Gasteiger partial charge on any atom is 0.339 e. The Bertz CT molecular complexity index is 398. The third-order valence-corrected chi connectivity index (χ3v) is 2.45. The average Bonchev–Trinajstić information content (AvgIpc) is 2.27. The number of carbonyl (C=O) groups is 1. The van der Waals surface area contributed by atoms with Crippen LogP contribution in [0.25, 0.3) is 0 Å². The van der Waals surface area contributed by atoms with Crippen molar-refractivity contribution in [2.45, 2.75) is 32.8 Å². The van der Waals surface area contributed by atoms with Gasteiger partial charge < -0.3 is 14.9 Å². The molecule has 0 radical (unpaired) electrons. The number of aliphatic hydroxyl groups is 1. The minimum atomic E-state index is -1.35. The summed E-state index contributed by atoms with van der Waals surface area (Å²) >= 11 is 0. The first-order chi connectivity index (χ1) is 7.95. The lowest BCUT2D eigenvalue weighted by Crippen LogP contribution is -2.15. The van der Waals surface area contributed by atoms with Crippen LogP contribution in [0.3, 0.4) is 0 Å². The molecule has 0 heterocycles. The van der Waals surface area contributed by atoms with Crippen molar-refractivity contribution < 1.29 is 19.7 Å². The molecule has 1 aromatic carbocycles. The molecule has 2 N–H and O–H groups in total. The monoisotopic (exact) mass is 238 g/mol. The SMILES string of the molecule is CCOC(=O)C(O)c1cc(O)cc(C(C)C)c1. The number of carbonyl (C=O) groups excluding carboxylic acids is 1. The van der Waals surface area contributed by atoms with Crippen LogP contribution in [0.5, 0.6) is 5.75 Å². The number of aliphatic hydroxyl groups excluding tert-OH is 1. The molecule has 0 fully saturated rings. The van der Waals surface area contributed by atoms with Gasteiger partial charge in [0.15, 0.2) is 6.10 Å². The zero-order valence-electron chi connectivity index (χ0n) is 10.3. The Morgan fingerprint density at radius 1 is 1.29 bits per heavy atom. The van der Waals surface area contributed by atoms with E-state index in [9.17, 15) is 15.0 Å². The van der Waals surface area contributed by atoms with Crippen molar-refractivity contribution in [3.8, 4) is 5.75 Å². The van der Waals surface area contributed by atoms with Crippen LogP contribution in [-0.2, 0) is 9.53 Å². The zero-order valence-corrected chi connectivity index (χ0v) is 10.3. The van der Waals surface area contributed by atoms with E-state index in [0.717, 1.165) is 5.56 Å². The molecule has 0 bridgehead atoms. The van der Waals surface area contributed by atoms with Crippen molar-refractivity contribution in [1.82, 2.24) is 0 Å². The van der Waals surface area contributed by atoms with Crippen LogP contribution in [0.4, 0.5) is 0 Å². The van der Waals surface area contributed by atoms with Crippen molar-refractivity contribution in [3.05, 3.63) is 29.3 Å². The van der Waals surface area contributed by atoms with Gasteiger partial charge in [-0.15, -0.1) is 0 Å². The van der Waals surface area contributed by atoms with Crippen LogP contribution in [0.1, 0.15) is 43.9 Å². The first-order valence-electron chi connectivity index (χ1n) is 5.64. The maximum absolute atomic E-state index is 11.4. The fourth-order valence-electron chi connectivity index (χ4n) is 1.51. The molecule has 0 aliphatic heterocycles. The summed E-state index contributed by atoms with van der Waals surface area (Å²) < 4.78 is 4.73. The van der Waals surface area contributed by atoms with E-state index in [1.54, 1.807) is 19.1 Å². The van der Waals surface area contributed by atoms with E-state index in [-0.39, 0.29) is 18.3 Å². The lowest BCUT2D eigenvalue weighted by atomic mass is 9.98. The number of hydrogen-bond acceptors (Lipinski definition) is 4. The Morgan fingerprint density at radius 2 is 1.88 bits per heavy atom. The smallest absolute Gasteiger partial charge is 0.339 e. The molecule has 17 heavy (non-hydrogen) atoms. The third kappa shape index (κ3) is 3.46. The van der Waals surface area contributed by atoms with Crippen LogP contribution in [-0.4, -0.2) is 22.8 Å². The van der Waals surface area contributed by atoms with E-state index in [4.69, 9.17) is 4.74 Å². The lowest BCUT2D eigenvalue weighted by Gasteiger charge is -2.13. The molecule has 94 valence electrons. The first kappa shape index (κ1) is 13.5. The van der Waals surface area contributed by atoms with Gasteiger partial charge in [-0.1, -0.05) is 19.9 Å². The predicted molar refractivity (Wildman–Crippen MR) is 63.8 cm³/mol. The van der Waals surface area contributed by atoms with Gasteiger partial charge in [-0.05, 0) is 36.1 Å². The van der Waals surface area contributed by atoms with Gasteiger partial charge in [-0.2, -0.15) is 0 Å². The number of aromatic hydroxyl groups is 1. The molecule has 0 aromatic heterocycles. The van der Waals surface area contributed by atoms with Gasteiger partial charge in [0, 0.05) is 0 Å². The number of hydrogen-bond donors (Lipinski definition) is 2. The lowest BCUT2D eigenvalue weighted by molar-refractivity contribution is -0.153. The van der Waals surface area contributed by atoms with Gasteiger partial charge in [0.2, 0.25) is 0 Å². The highest BCUT2D eigenvalue weighted by Crippen LogP contribution is 2.26. The molecule has 0 aliphatic rings. The molecule has 0 aliphatic carbocycles. The molecule has 0 amide bonds. The van der Waals surface area contributed by atoms with E-state index >= 15 is 0 Å². The molecule has 1 unspecified atom stereocenters. The van der Waals surface area contributed by atoms with Gasteiger partial charge in [-0.25, -0.2) is 4.79 Å². The number of rotatable bonds is 4. The Hall–Kier alpha value is -1.55. The molecular formula is C13H18O4. The third-order valence-electron chi connectivity index (χ3n) is 2.45. The second kappa shape index (κ2) is 5.68. The molecule has 1 rings (SSSR count). The minimum Gasteiger partial charge on any atom is -0.508 e. The summed E-state index contributed by atoms with van der Waals surface area (Å²) in [5.74, 6) is -0.461. The second-order valence-corrected chi connectivity index (χ2v) is 4.17. The Kier molecular flexibility index (Phi) is 4.52. The standard InChI is InChI=1S/C13H18O4/c1-4-17-13(16)12(15)10-5-9(8(2)3)6-11(14)7-10/h5-8,12,14-15H,4H2,1-3H3. The summed E-state index contributed by atoms with van der Waals surface area (Å²) in [5.41, 5.74) is 1.22. The van der Waals surface area contributed by atoms with E-state index in [1.165, 1.54) is 6.07 Å². The van der Waals surface area contributed by atoms with Crippen LogP contribution >= 0.6 is 0 Å². The molecule has 1 atom stereocenters. The van der Waals surface area contributed by atoms with Gasteiger partial charge in [0.1, 0.15) is 5.75 Å². The highest BCUT2D eigenvalue weighted by atomic mass is 16.5. The summed E-state index contributed by atoms with van der Waals surface area (Å²) in [6, 6.07) is 4.69. The Balaban J connectivity index is 3.01. The number of ether oxygens (including phenoxy) is 1. The molecule has 1 aromatic rings. The molecule has 0 saturated carbocycles. The predicted octanol–water partition coefficient (Wildman–Crippen LogP) is 2.11. The van der Waals surface area contributed by atoms with Crippen molar-refractivity contribution in [2.24, 2.45) is 0 Å². The van der Waals surface area contributed by atoms with Crippen LogP contribution in [0.15, 0.2) is 18.2 Å². The molecule has 4 heteroatoms. The number of phenolic OH excluding ortho intramolecular Hbond substituents is 1. The van der Waals surface area contributed by atoms with Gasteiger partial charge >= 0.3 is 5.97 Å². The summed E-state index contributed by atoms with van der Waals surface area (Å²) in [5, 5.41) is 19.3. The van der Waals surface area contributed by atoms with Gasteiger partial charge in [0.25, 0.3) is 0 Å². The molecule has 0 saturated heterocycles. The highest BCUT2D eigenvalue weighted by Gasteiger charge is 2.20. The fraction of sp³-hybridized carbons (Fsp3) is 0.462. The fourth-order valence-corrected chi connectivity index (χ4v) is 1.51. The van der Waals surface area contributed by atoms with Gasteiger partial charge in [-0.3, -0.25) is 0 Å². The summed E-state index contributed by atoms with van der Waals surface area (Å²) in [6.45, 7) is 5.82. The van der Waals surface area contributed by atoms with Crippen LogP contribution in [0, 0.1) is 0 Å². The van der Waals surface area contributed by atoms with Crippen molar-refractivity contribution in [1.29, 1.82) is 0 Å². The van der Waals surface area contributed by atoms with Crippen molar-refractivity contribution in [2.75, 3.05) is 6.61 Å². The molecular weight excluding hydrogens is 220 g/mol. The van der Waals surface area contributed by atoms with Gasteiger partial charge in [0.05, 0.1) is 6.61 Å². The summed E-state index contributed by atoms with van der Waals surface area (Å²) in [4.78, 5) is 11.4. The van der Waals surface area contributed by atoms with Crippen LogP contribution in [0.2, 0.25) is 0 Å². The number of esters is 1. The zero-order chi connectivity index (χ0) is 13.0. The second-order valence-electron chi connectivity index (χ2n) is 4.17. The first-order valence-corrected chi connectivity index (χ1v) is 5.64. The summed E-state index contributed by atoms with van der Waals surface area (Å²) in [6.07, 6.45) is -1.35. The van der Waals surface area contributed by atoms with E-state index in [0.29, 0.717) is 5.56 Å². The normalized spacial score (nSPS) is 12.5. The molecule has 0 spiro atoms. The van der Waals surface area contributed by atoms with E-state index in [2.05, 4.69) is 0 Å². The Morgan fingerprint density at radius 3 is 2.41 bits per heavy atom. The largest absolute Gasteiger partial charge is 0.508 e. The van der Waals surface area contributed by atoms with E-state index < -0.39 is 12.1 Å². The highest BCUT2D eigenvalue weighted by molar-refractivity contribution is 5.76. The summed E-state index contributed by atoms with van der Waals surface area (Å²) in [7, 11) is 0. The topological polar surface area (TPSA) is 66.8 Å². The maximum atomic E-state index is 11.4. The quantitative estimate of drug-likeness (QED) is 0.788. The van der Waals surface area contributed by atoms with Crippen LogP contribution < -0.4 is 0 Å². The van der Waals surface area contributed by atoms with E-state index in [1.807, 2.05) is 13.8 Å². The van der Waals surface area contributed by atoms with Crippen molar-refractivity contribution in [3.63, 3.8) is 0 Å². The minimum absolute atomic E-state index is 0.0366. The number of benzene rings is 1. The number of phenols is 1.